The minimum absolute atomic E-state index is 0.0783. The SMILES string of the molecule is CCCCc1nnc(SCC(=O)Nc2ccc(Cl)cc2)n1C. The van der Waals surface area contributed by atoms with E-state index in [0.29, 0.717) is 10.8 Å². The molecule has 0 saturated heterocycles. The van der Waals surface area contributed by atoms with Crippen molar-refractivity contribution >= 4 is 35.0 Å². The van der Waals surface area contributed by atoms with Gasteiger partial charge in [-0.1, -0.05) is 36.7 Å². The van der Waals surface area contributed by atoms with Crippen molar-refractivity contribution in [2.75, 3.05) is 11.1 Å². The summed E-state index contributed by atoms with van der Waals surface area (Å²) < 4.78 is 1.95. The number of nitrogens with zero attached hydrogens (tertiary/aromatic N) is 3. The normalized spacial score (nSPS) is 10.7. The number of amides is 1. The van der Waals surface area contributed by atoms with E-state index in [2.05, 4.69) is 22.4 Å². The third-order valence-corrected chi connectivity index (χ3v) is 4.41. The highest BCUT2D eigenvalue weighted by Gasteiger charge is 2.11. The lowest BCUT2D eigenvalue weighted by Crippen LogP contribution is -2.14. The molecule has 5 nitrogen and oxygen atoms in total. The summed E-state index contributed by atoms with van der Waals surface area (Å²) in [5, 5.41) is 12.5. The second-order valence-corrected chi connectivity index (χ2v) is 6.28. The molecule has 0 unspecified atom stereocenters. The maximum absolute atomic E-state index is 11.9. The maximum atomic E-state index is 11.9. The van der Waals surface area contributed by atoms with Crippen LogP contribution >= 0.6 is 23.4 Å². The summed E-state index contributed by atoms with van der Waals surface area (Å²) in [7, 11) is 1.93. The number of rotatable bonds is 7. The molecule has 0 fully saturated rings. The smallest absolute Gasteiger partial charge is 0.234 e. The average Bonchev–Trinajstić information content (AvgIpc) is 2.86. The van der Waals surface area contributed by atoms with Gasteiger partial charge >= 0.3 is 0 Å². The highest BCUT2D eigenvalue weighted by Crippen LogP contribution is 2.18. The summed E-state index contributed by atoms with van der Waals surface area (Å²) in [6.45, 7) is 2.15. The van der Waals surface area contributed by atoms with Crippen LogP contribution in [0, 0.1) is 0 Å². The fraction of sp³-hybridized carbons (Fsp3) is 0.400. The summed E-state index contributed by atoms with van der Waals surface area (Å²) in [4.78, 5) is 11.9. The average molecular weight is 339 g/mol. The lowest BCUT2D eigenvalue weighted by Gasteiger charge is -2.05. The first-order valence-corrected chi connectivity index (χ1v) is 8.53. The number of thioether (sulfide) groups is 1. The number of carbonyl (C=O) groups excluding carboxylic acids is 1. The van der Waals surface area contributed by atoms with Crippen LogP contribution in [0.1, 0.15) is 25.6 Å². The molecule has 0 spiro atoms. The van der Waals surface area contributed by atoms with E-state index in [-0.39, 0.29) is 5.91 Å². The summed E-state index contributed by atoms with van der Waals surface area (Å²) >= 11 is 7.19. The number of carbonyl (C=O) groups is 1. The summed E-state index contributed by atoms with van der Waals surface area (Å²) in [6, 6.07) is 7.03. The lowest BCUT2D eigenvalue weighted by atomic mass is 10.2. The third kappa shape index (κ3) is 4.74. The van der Waals surface area contributed by atoms with Crippen molar-refractivity contribution in [2.45, 2.75) is 31.3 Å². The van der Waals surface area contributed by atoms with Crippen LogP contribution in [0.25, 0.3) is 0 Å². The molecule has 0 bridgehead atoms. The van der Waals surface area contributed by atoms with Gasteiger partial charge in [-0.25, -0.2) is 0 Å². The molecular formula is C15H19ClN4OS. The first kappa shape index (κ1) is 16.8. The third-order valence-electron chi connectivity index (χ3n) is 3.14. The van der Waals surface area contributed by atoms with Crippen LogP contribution < -0.4 is 5.32 Å². The molecule has 1 N–H and O–H groups in total. The molecule has 22 heavy (non-hydrogen) atoms. The summed E-state index contributed by atoms with van der Waals surface area (Å²) in [6.07, 6.45) is 3.13. The highest BCUT2D eigenvalue weighted by molar-refractivity contribution is 7.99. The van der Waals surface area contributed by atoms with Crippen molar-refractivity contribution < 1.29 is 4.79 Å². The van der Waals surface area contributed by atoms with Crippen LogP contribution in [-0.2, 0) is 18.3 Å². The number of halogens is 1. The minimum atomic E-state index is -0.0783. The number of aromatic nitrogens is 3. The second kappa shape index (κ2) is 8.19. The number of aryl methyl sites for hydroxylation is 1. The fourth-order valence-electron chi connectivity index (χ4n) is 1.88. The van der Waals surface area contributed by atoms with Crippen LogP contribution in [-0.4, -0.2) is 26.4 Å². The Balaban J connectivity index is 1.85. The number of benzene rings is 1. The molecule has 0 radical (unpaired) electrons. The molecule has 0 aliphatic rings. The number of hydrogen-bond acceptors (Lipinski definition) is 4. The van der Waals surface area contributed by atoms with Crippen LogP contribution in [0.3, 0.4) is 0 Å². The standard InChI is InChI=1S/C15H19ClN4OS/c1-3-4-5-13-18-19-15(20(13)2)22-10-14(21)17-12-8-6-11(16)7-9-12/h6-9H,3-5,10H2,1-2H3,(H,17,21). The van der Waals surface area contributed by atoms with Gasteiger partial charge in [0.25, 0.3) is 0 Å². The van der Waals surface area contributed by atoms with E-state index in [9.17, 15) is 4.79 Å². The zero-order chi connectivity index (χ0) is 15.9. The Morgan fingerprint density at radius 2 is 2.05 bits per heavy atom. The van der Waals surface area contributed by atoms with E-state index in [0.717, 1.165) is 35.9 Å². The second-order valence-electron chi connectivity index (χ2n) is 4.91. The van der Waals surface area contributed by atoms with Crippen LogP contribution in [0.5, 0.6) is 0 Å². The number of hydrogen-bond donors (Lipinski definition) is 1. The van der Waals surface area contributed by atoms with Crippen molar-refractivity contribution in [3.63, 3.8) is 0 Å². The van der Waals surface area contributed by atoms with Crippen molar-refractivity contribution in [1.29, 1.82) is 0 Å². The summed E-state index contributed by atoms with van der Waals surface area (Å²) in [5.74, 6) is 1.18. The zero-order valence-electron chi connectivity index (χ0n) is 12.7. The van der Waals surface area contributed by atoms with Gasteiger partial charge in [-0.15, -0.1) is 10.2 Å². The van der Waals surface area contributed by atoms with Gasteiger partial charge in [0.1, 0.15) is 5.82 Å². The molecule has 1 amide bonds. The zero-order valence-corrected chi connectivity index (χ0v) is 14.2. The Bertz CT molecular complexity index is 627. The Kier molecular flexibility index (Phi) is 6.27. The van der Waals surface area contributed by atoms with Gasteiger partial charge in [-0.05, 0) is 30.7 Å². The molecule has 0 aliphatic heterocycles. The Morgan fingerprint density at radius 3 is 2.73 bits per heavy atom. The van der Waals surface area contributed by atoms with Crippen molar-refractivity contribution in [1.82, 2.24) is 14.8 Å². The predicted molar refractivity (Wildman–Crippen MR) is 90.4 cm³/mol. The lowest BCUT2D eigenvalue weighted by molar-refractivity contribution is -0.113. The van der Waals surface area contributed by atoms with E-state index in [1.165, 1.54) is 11.8 Å². The van der Waals surface area contributed by atoms with Gasteiger partial charge in [0.05, 0.1) is 5.75 Å². The van der Waals surface area contributed by atoms with E-state index >= 15 is 0 Å². The van der Waals surface area contributed by atoms with Crippen LogP contribution in [0.2, 0.25) is 5.02 Å². The summed E-state index contributed by atoms with van der Waals surface area (Å²) in [5.41, 5.74) is 0.733. The quantitative estimate of drug-likeness (QED) is 0.784. The van der Waals surface area contributed by atoms with E-state index in [4.69, 9.17) is 11.6 Å². The van der Waals surface area contributed by atoms with Gasteiger partial charge in [0.2, 0.25) is 5.91 Å². The molecular weight excluding hydrogens is 320 g/mol. The molecule has 0 atom stereocenters. The molecule has 0 aliphatic carbocycles. The first-order chi connectivity index (χ1) is 10.6. The first-order valence-electron chi connectivity index (χ1n) is 7.16. The highest BCUT2D eigenvalue weighted by atomic mass is 35.5. The van der Waals surface area contributed by atoms with Crippen LogP contribution in [0.15, 0.2) is 29.4 Å². The monoisotopic (exact) mass is 338 g/mol. The Labute approximate surface area is 139 Å². The Morgan fingerprint density at radius 1 is 1.32 bits per heavy atom. The van der Waals surface area contributed by atoms with Gasteiger partial charge in [-0.3, -0.25) is 4.79 Å². The largest absolute Gasteiger partial charge is 0.325 e. The van der Waals surface area contributed by atoms with Crippen LogP contribution in [0.4, 0.5) is 5.69 Å². The molecule has 1 aromatic carbocycles. The van der Waals surface area contributed by atoms with E-state index < -0.39 is 0 Å². The van der Waals surface area contributed by atoms with E-state index in [1.807, 2.05) is 11.6 Å². The molecule has 118 valence electrons. The van der Waals surface area contributed by atoms with Crippen molar-refractivity contribution in [2.24, 2.45) is 7.05 Å². The number of nitrogens with one attached hydrogen (secondary N) is 1. The molecule has 2 rings (SSSR count). The van der Waals surface area contributed by atoms with Crippen molar-refractivity contribution in [3.8, 4) is 0 Å². The molecule has 0 saturated carbocycles. The molecule has 1 aromatic heterocycles. The minimum Gasteiger partial charge on any atom is -0.325 e. The maximum Gasteiger partial charge on any atom is 0.234 e. The fourth-order valence-corrected chi connectivity index (χ4v) is 2.74. The predicted octanol–water partition coefficient (Wildman–Crippen LogP) is 3.54. The van der Waals surface area contributed by atoms with Gasteiger partial charge in [-0.2, -0.15) is 0 Å². The topological polar surface area (TPSA) is 59.8 Å². The molecule has 7 heteroatoms. The number of anilines is 1. The molecule has 1 heterocycles. The van der Waals surface area contributed by atoms with Gasteiger partial charge in [0.15, 0.2) is 5.16 Å². The number of unbranched alkanes of at least 4 members (excludes halogenated alkanes) is 1. The van der Waals surface area contributed by atoms with Gasteiger partial charge < -0.3 is 9.88 Å². The Hall–Kier alpha value is -1.53. The van der Waals surface area contributed by atoms with Crippen molar-refractivity contribution in [3.05, 3.63) is 35.1 Å². The van der Waals surface area contributed by atoms with E-state index in [1.54, 1.807) is 24.3 Å². The van der Waals surface area contributed by atoms with Gasteiger partial charge in [0, 0.05) is 24.2 Å². The molecule has 2 aromatic rings.